The molecular weight excluding hydrogens is 218 g/mol. The van der Waals surface area contributed by atoms with Crippen molar-refractivity contribution in [3.8, 4) is 11.5 Å². The number of rotatable bonds is 4. The van der Waals surface area contributed by atoms with E-state index in [2.05, 4.69) is 15.5 Å². The molecule has 0 spiro atoms. The quantitative estimate of drug-likeness (QED) is 0.689. The molecule has 1 aromatic carbocycles. The Labute approximate surface area is 98.8 Å². The van der Waals surface area contributed by atoms with Crippen molar-refractivity contribution in [2.24, 2.45) is 0 Å². The molecule has 0 fully saturated rings. The minimum absolute atomic E-state index is 0.108. The van der Waals surface area contributed by atoms with Gasteiger partial charge in [0.25, 0.3) is 0 Å². The maximum Gasteiger partial charge on any atom is 0.157 e. The first-order valence-electron chi connectivity index (χ1n) is 5.24. The molecule has 0 radical (unpaired) electrons. The summed E-state index contributed by atoms with van der Waals surface area (Å²) in [6, 6.07) is 8.46. The lowest BCUT2D eigenvalue weighted by Crippen LogP contribution is -2.13. The summed E-state index contributed by atoms with van der Waals surface area (Å²) in [6.07, 6.45) is 1.63. The predicted octanol–water partition coefficient (Wildman–Crippen LogP) is 1.18. The van der Waals surface area contributed by atoms with Crippen LogP contribution in [0.3, 0.4) is 0 Å². The van der Waals surface area contributed by atoms with Crippen LogP contribution in [-0.4, -0.2) is 20.4 Å². The van der Waals surface area contributed by atoms with Crippen molar-refractivity contribution in [3.05, 3.63) is 47.8 Å². The van der Waals surface area contributed by atoms with Crippen LogP contribution in [0.15, 0.2) is 36.5 Å². The van der Waals surface area contributed by atoms with Gasteiger partial charge in [-0.15, -0.1) is 0 Å². The molecule has 2 aromatic rings. The standard InChI is InChI=1S/C12H13N3O2/c16-11-4-3-9(6-12(11)17)7-13-8-10-2-1-5-14-15-10/h1-6,13,16-17H,7-8H2. The fourth-order valence-corrected chi connectivity index (χ4v) is 1.44. The van der Waals surface area contributed by atoms with Crippen LogP contribution >= 0.6 is 0 Å². The van der Waals surface area contributed by atoms with Crippen molar-refractivity contribution >= 4 is 0 Å². The van der Waals surface area contributed by atoms with E-state index < -0.39 is 0 Å². The van der Waals surface area contributed by atoms with Gasteiger partial charge in [0.15, 0.2) is 11.5 Å². The average molecular weight is 231 g/mol. The Balaban J connectivity index is 1.88. The van der Waals surface area contributed by atoms with Crippen LogP contribution in [0.2, 0.25) is 0 Å². The Morgan fingerprint density at radius 3 is 2.65 bits per heavy atom. The molecule has 0 aliphatic carbocycles. The number of aromatic nitrogens is 2. The van der Waals surface area contributed by atoms with Gasteiger partial charge in [-0.25, -0.2) is 0 Å². The Bertz CT molecular complexity index is 488. The van der Waals surface area contributed by atoms with Crippen molar-refractivity contribution in [1.29, 1.82) is 0 Å². The second-order valence-electron chi connectivity index (χ2n) is 3.64. The molecule has 88 valence electrons. The molecule has 2 rings (SSSR count). The zero-order chi connectivity index (χ0) is 12.1. The van der Waals surface area contributed by atoms with Crippen molar-refractivity contribution in [1.82, 2.24) is 15.5 Å². The lowest BCUT2D eigenvalue weighted by atomic mass is 10.2. The van der Waals surface area contributed by atoms with Gasteiger partial charge >= 0.3 is 0 Å². The van der Waals surface area contributed by atoms with Gasteiger partial charge in [-0.05, 0) is 29.8 Å². The maximum absolute atomic E-state index is 9.32. The first kappa shape index (κ1) is 11.3. The average Bonchev–Trinajstić information content (AvgIpc) is 2.35. The van der Waals surface area contributed by atoms with Gasteiger partial charge in [0.1, 0.15) is 0 Å². The fraction of sp³-hybridized carbons (Fsp3) is 0.167. The Hall–Kier alpha value is -2.14. The third kappa shape index (κ3) is 3.15. The number of phenols is 2. The maximum atomic E-state index is 9.32. The molecule has 1 aromatic heterocycles. The van der Waals surface area contributed by atoms with Gasteiger partial charge in [-0.1, -0.05) is 6.07 Å². The Morgan fingerprint density at radius 2 is 1.94 bits per heavy atom. The van der Waals surface area contributed by atoms with E-state index in [0.29, 0.717) is 13.1 Å². The molecule has 1 heterocycles. The van der Waals surface area contributed by atoms with E-state index in [4.69, 9.17) is 5.11 Å². The van der Waals surface area contributed by atoms with Gasteiger partial charge in [-0.3, -0.25) is 0 Å². The first-order chi connectivity index (χ1) is 8.25. The van der Waals surface area contributed by atoms with Gasteiger partial charge in [0.05, 0.1) is 5.69 Å². The minimum Gasteiger partial charge on any atom is -0.504 e. The van der Waals surface area contributed by atoms with Crippen LogP contribution in [0, 0.1) is 0 Å². The number of hydrogen-bond donors (Lipinski definition) is 3. The molecule has 3 N–H and O–H groups in total. The minimum atomic E-state index is -0.109. The topological polar surface area (TPSA) is 78.3 Å². The lowest BCUT2D eigenvalue weighted by Gasteiger charge is -2.05. The number of nitrogens with zero attached hydrogens (tertiary/aromatic N) is 2. The van der Waals surface area contributed by atoms with Gasteiger partial charge in [-0.2, -0.15) is 10.2 Å². The number of nitrogens with one attached hydrogen (secondary N) is 1. The second-order valence-corrected chi connectivity index (χ2v) is 3.64. The van der Waals surface area contributed by atoms with E-state index in [1.54, 1.807) is 12.3 Å². The molecule has 17 heavy (non-hydrogen) atoms. The van der Waals surface area contributed by atoms with Crippen molar-refractivity contribution in [2.45, 2.75) is 13.1 Å². The Morgan fingerprint density at radius 1 is 1.06 bits per heavy atom. The summed E-state index contributed by atoms with van der Waals surface area (Å²) >= 11 is 0. The number of aromatic hydroxyl groups is 2. The third-order valence-electron chi connectivity index (χ3n) is 2.30. The highest BCUT2D eigenvalue weighted by Crippen LogP contribution is 2.24. The molecule has 5 heteroatoms. The molecule has 0 bridgehead atoms. The summed E-state index contributed by atoms with van der Waals surface area (Å²) in [5.74, 6) is -0.216. The van der Waals surface area contributed by atoms with Crippen LogP contribution in [0.1, 0.15) is 11.3 Å². The number of phenolic OH excluding ortho intramolecular Hbond substituents is 2. The largest absolute Gasteiger partial charge is 0.504 e. The van der Waals surface area contributed by atoms with Crippen LogP contribution in [0.4, 0.5) is 0 Å². The highest BCUT2D eigenvalue weighted by atomic mass is 16.3. The van der Waals surface area contributed by atoms with Crippen molar-refractivity contribution in [2.75, 3.05) is 0 Å². The number of hydrogen-bond acceptors (Lipinski definition) is 5. The molecule has 0 saturated carbocycles. The molecule has 0 aliphatic heterocycles. The zero-order valence-corrected chi connectivity index (χ0v) is 9.17. The van der Waals surface area contributed by atoms with E-state index >= 15 is 0 Å². The smallest absolute Gasteiger partial charge is 0.157 e. The van der Waals surface area contributed by atoms with E-state index in [9.17, 15) is 5.11 Å². The molecule has 0 atom stereocenters. The molecule has 0 amide bonds. The van der Waals surface area contributed by atoms with Crippen molar-refractivity contribution < 1.29 is 10.2 Å². The van der Waals surface area contributed by atoms with E-state index in [0.717, 1.165) is 11.3 Å². The summed E-state index contributed by atoms with van der Waals surface area (Å²) in [5.41, 5.74) is 1.75. The zero-order valence-electron chi connectivity index (χ0n) is 9.17. The van der Waals surface area contributed by atoms with E-state index in [1.165, 1.54) is 12.1 Å². The highest BCUT2D eigenvalue weighted by molar-refractivity contribution is 5.40. The molecular formula is C12H13N3O2. The van der Waals surface area contributed by atoms with Crippen LogP contribution < -0.4 is 5.32 Å². The third-order valence-corrected chi connectivity index (χ3v) is 2.30. The predicted molar refractivity (Wildman–Crippen MR) is 62.3 cm³/mol. The van der Waals surface area contributed by atoms with Gasteiger partial charge in [0.2, 0.25) is 0 Å². The van der Waals surface area contributed by atoms with Gasteiger partial charge < -0.3 is 15.5 Å². The highest BCUT2D eigenvalue weighted by Gasteiger charge is 2.00. The van der Waals surface area contributed by atoms with Crippen LogP contribution in [-0.2, 0) is 13.1 Å². The second kappa shape index (κ2) is 5.27. The van der Waals surface area contributed by atoms with Crippen molar-refractivity contribution in [3.63, 3.8) is 0 Å². The van der Waals surface area contributed by atoms with Gasteiger partial charge in [0, 0.05) is 19.3 Å². The summed E-state index contributed by atoms with van der Waals surface area (Å²) in [4.78, 5) is 0. The molecule has 0 unspecified atom stereocenters. The fourth-order valence-electron chi connectivity index (χ4n) is 1.44. The number of benzene rings is 1. The normalized spacial score (nSPS) is 10.4. The first-order valence-corrected chi connectivity index (χ1v) is 5.24. The van der Waals surface area contributed by atoms with E-state index in [1.807, 2.05) is 12.1 Å². The SMILES string of the molecule is Oc1ccc(CNCc2cccnn2)cc1O. The summed E-state index contributed by atoms with van der Waals surface area (Å²) in [5, 5.41) is 29.4. The monoisotopic (exact) mass is 231 g/mol. The van der Waals surface area contributed by atoms with E-state index in [-0.39, 0.29) is 11.5 Å². The van der Waals surface area contributed by atoms with Crippen LogP contribution in [0.5, 0.6) is 11.5 Å². The van der Waals surface area contributed by atoms with Crippen LogP contribution in [0.25, 0.3) is 0 Å². The summed E-state index contributed by atoms with van der Waals surface area (Å²) in [7, 11) is 0. The molecule has 0 saturated heterocycles. The summed E-state index contributed by atoms with van der Waals surface area (Å²) in [6.45, 7) is 1.19. The Kier molecular flexibility index (Phi) is 3.52. The molecule has 5 nitrogen and oxygen atoms in total. The summed E-state index contributed by atoms with van der Waals surface area (Å²) < 4.78 is 0. The molecule has 0 aliphatic rings. The lowest BCUT2D eigenvalue weighted by molar-refractivity contribution is 0.403.